The minimum Gasteiger partial charge on any atom is -0.487 e. The van der Waals surface area contributed by atoms with Gasteiger partial charge in [0.2, 0.25) is 10.0 Å². The average Bonchev–Trinajstić information content (AvgIpc) is 2.60. The monoisotopic (exact) mass is 393 g/mol. The lowest BCUT2D eigenvalue weighted by Gasteiger charge is -2.41. The summed E-state index contributed by atoms with van der Waals surface area (Å²) >= 11 is 5.98. The van der Waals surface area contributed by atoms with Crippen molar-refractivity contribution in [2.24, 2.45) is 0 Å². The predicted octanol–water partition coefficient (Wildman–Crippen LogP) is 4.84. The Hall–Kier alpha value is -1.56. The van der Waals surface area contributed by atoms with Crippen LogP contribution in [0, 0.1) is 0 Å². The molecule has 0 saturated carbocycles. The van der Waals surface area contributed by atoms with E-state index in [2.05, 4.69) is 18.6 Å². The molecule has 1 atom stereocenters. The van der Waals surface area contributed by atoms with Crippen molar-refractivity contribution in [3.8, 4) is 5.75 Å². The third-order valence-electron chi connectivity index (χ3n) is 5.05. The SMILES string of the molecule is CCC1(CC)CC(NS(=O)(=O)Cc2cccc(Cl)c2)c2ccccc2O1. The maximum Gasteiger partial charge on any atom is 0.216 e. The highest BCUT2D eigenvalue weighted by atomic mass is 35.5. The highest BCUT2D eigenvalue weighted by Crippen LogP contribution is 2.42. The maximum atomic E-state index is 12.8. The van der Waals surface area contributed by atoms with Crippen LogP contribution in [0.2, 0.25) is 5.02 Å². The molecule has 1 aliphatic rings. The van der Waals surface area contributed by atoms with Crippen molar-refractivity contribution in [2.75, 3.05) is 0 Å². The van der Waals surface area contributed by atoms with E-state index in [-0.39, 0.29) is 17.4 Å². The Kier molecular flexibility index (Phi) is 5.61. The summed E-state index contributed by atoms with van der Waals surface area (Å²) in [5, 5.41) is 0.532. The van der Waals surface area contributed by atoms with Crippen LogP contribution >= 0.6 is 11.6 Å². The lowest BCUT2D eigenvalue weighted by atomic mass is 9.84. The molecule has 0 aromatic heterocycles. The van der Waals surface area contributed by atoms with Crippen LogP contribution in [-0.4, -0.2) is 14.0 Å². The van der Waals surface area contributed by atoms with Crippen LogP contribution in [0.1, 0.15) is 50.3 Å². The van der Waals surface area contributed by atoms with Gasteiger partial charge in [-0.25, -0.2) is 13.1 Å². The first-order valence-electron chi connectivity index (χ1n) is 8.89. The fraction of sp³-hybridized carbons (Fsp3) is 0.400. The number of benzene rings is 2. The summed E-state index contributed by atoms with van der Waals surface area (Å²) in [4.78, 5) is 0. The van der Waals surface area contributed by atoms with Crippen LogP contribution in [0.4, 0.5) is 0 Å². The summed E-state index contributed by atoms with van der Waals surface area (Å²) in [6.45, 7) is 4.16. The molecule has 1 aliphatic heterocycles. The van der Waals surface area contributed by atoms with E-state index in [0.29, 0.717) is 17.0 Å². The Morgan fingerprint density at radius 2 is 1.88 bits per heavy atom. The molecule has 0 spiro atoms. The largest absolute Gasteiger partial charge is 0.487 e. The first-order chi connectivity index (χ1) is 12.4. The normalized spacial score (nSPS) is 18.8. The molecule has 0 aliphatic carbocycles. The third-order valence-corrected chi connectivity index (χ3v) is 6.65. The van der Waals surface area contributed by atoms with Crippen LogP contribution in [0.25, 0.3) is 0 Å². The Labute approximate surface area is 160 Å². The number of hydrogen-bond acceptors (Lipinski definition) is 3. The van der Waals surface area contributed by atoms with E-state index in [4.69, 9.17) is 16.3 Å². The van der Waals surface area contributed by atoms with E-state index in [1.807, 2.05) is 24.3 Å². The highest BCUT2D eigenvalue weighted by molar-refractivity contribution is 7.88. The van der Waals surface area contributed by atoms with E-state index < -0.39 is 10.0 Å². The molecule has 6 heteroatoms. The van der Waals surface area contributed by atoms with Crippen molar-refractivity contribution >= 4 is 21.6 Å². The van der Waals surface area contributed by atoms with Gasteiger partial charge in [-0.15, -0.1) is 0 Å². The fourth-order valence-corrected chi connectivity index (χ4v) is 5.07. The molecular weight excluding hydrogens is 370 g/mol. The predicted molar refractivity (Wildman–Crippen MR) is 105 cm³/mol. The van der Waals surface area contributed by atoms with Gasteiger partial charge in [0.25, 0.3) is 0 Å². The highest BCUT2D eigenvalue weighted by Gasteiger charge is 2.39. The number of ether oxygens (including phenoxy) is 1. The Morgan fingerprint density at radius 3 is 2.58 bits per heavy atom. The second-order valence-electron chi connectivity index (χ2n) is 6.79. The summed E-state index contributed by atoms with van der Waals surface area (Å²) in [7, 11) is -3.52. The zero-order chi connectivity index (χ0) is 18.8. The summed E-state index contributed by atoms with van der Waals surface area (Å²) in [5.41, 5.74) is 1.21. The third kappa shape index (κ3) is 4.22. The van der Waals surface area contributed by atoms with Crippen LogP contribution in [0.3, 0.4) is 0 Å². The van der Waals surface area contributed by atoms with Gasteiger partial charge in [-0.3, -0.25) is 0 Å². The van der Waals surface area contributed by atoms with Gasteiger partial charge < -0.3 is 4.74 Å². The van der Waals surface area contributed by atoms with Crippen molar-refractivity contribution < 1.29 is 13.2 Å². The summed E-state index contributed by atoms with van der Waals surface area (Å²) < 4.78 is 34.7. The van der Waals surface area contributed by atoms with E-state index in [1.165, 1.54) is 0 Å². The number of nitrogens with one attached hydrogen (secondary N) is 1. The van der Waals surface area contributed by atoms with E-state index in [1.54, 1.807) is 24.3 Å². The number of halogens is 1. The molecule has 2 aromatic rings. The molecule has 0 fully saturated rings. The van der Waals surface area contributed by atoms with Gasteiger partial charge in [-0.1, -0.05) is 55.8 Å². The Morgan fingerprint density at radius 1 is 1.15 bits per heavy atom. The van der Waals surface area contributed by atoms with Crippen molar-refractivity contribution in [1.82, 2.24) is 4.72 Å². The molecule has 0 radical (unpaired) electrons. The minimum atomic E-state index is -3.52. The van der Waals surface area contributed by atoms with Crippen LogP contribution in [0.15, 0.2) is 48.5 Å². The van der Waals surface area contributed by atoms with Crippen LogP contribution < -0.4 is 9.46 Å². The fourth-order valence-electron chi connectivity index (χ4n) is 3.51. The molecule has 1 unspecified atom stereocenters. The van der Waals surface area contributed by atoms with E-state index in [0.717, 1.165) is 24.2 Å². The molecule has 4 nitrogen and oxygen atoms in total. The molecule has 0 saturated heterocycles. The zero-order valence-corrected chi connectivity index (χ0v) is 16.6. The topological polar surface area (TPSA) is 55.4 Å². The number of sulfonamides is 1. The lowest BCUT2D eigenvalue weighted by molar-refractivity contribution is 0.0260. The Bertz CT molecular complexity index is 878. The number of fused-ring (bicyclic) bond motifs is 1. The minimum absolute atomic E-state index is 0.0989. The molecule has 1 heterocycles. The van der Waals surface area contributed by atoms with Crippen molar-refractivity contribution in [3.05, 3.63) is 64.7 Å². The van der Waals surface area contributed by atoms with Crippen LogP contribution in [-0.2, 0) is 15.8 Å². The number of hydrogen-bond donors (Lipinski definition) is 1. The smallest absolute Gasteiger partial charge is 0.216 e. The average molecular weight is 394 g/mol. The second kappa shape index (κ2) is 7.59. The van der Waals surface area contributed by atoms with Gasteiger partial charge in [0.15, 0.2) is 0 Å². The molecular formula is C20H24ClNO3S. The second-order valence-corrected chi connectivity index (χ2v) is 8.98. The van der Waals surface area contributed by atoms with Gasteiger partial charge in [-0.2, -0.15) is 0 Å². The number of rotatable bonds is 6. The molecule has 26 heavy (non-hydrogen) atoms. The van der Waals surface area contributed by atoms with Gasteiger partial charge in [0, 0.05) is 17.0 Å². The standard InChI is InChI=1S/C20H24ClNO3S/c1-3-20(4-2)13-18(17-10-5-6-11-19(17)25-20)22-26(23,24)14-15-8-7-9-16(21)12-15/h5-12,18,22H,3-4,13-14H2,1-2H3. The molecule has 0 amide bonds. The number of para-hydroxylation sites is 1. The van der Waals surface area contributed by atoms with Crippen molar-refractivity contribution in [2.45, 2.75) is 50.5 Å². The van der Waals surface area contributed by atoms with Gasteiger partial charge in [0.1, 0.15) is 11.4 Å². The molecule has 140 valence electrons. The van der Waals surface area contributed by atoms with Gasteiger partial charge in [-0.05, 0) is 36.6 Å². The molecule has 0 bridgehead atoms. The van der Waals surface area contributed by atoms with E-state index >= 15 is 0 Å². The first kappa shape index (κ1) is 19.2. The lowest BCUT2D eigenvalue weighted by Crippen LogP contribution is -2.44. The summed E-state index contributed by atoms with van der Waals surface area (Å²) in [6.07, 6.45) is 2.26. The van der Waals surface area contributed by atoms with E-state index in [9.17, 15) is 8.42 Å². The zero-order valence-electron chi connectivity index (χ0n) is 15.0. The van der Waals surface area contributed by atoms with Gasteiger partial charge in [0.05, 0.1) is 11.8 Å². The Balaban J connectivity index is 1.87. The summed E-state index contributed by atoms with van der Waals surface area (Å²) in [5.74, 6) is 0.663. The summed E-state index contributed by atoms with van der Waals surface area (Å²) in [6, 6.07) is 14.3. The van der Waals surface area contributed by atoms with Gasteiger partial charge >= 0.3 is 0 Å². The van der Waals surface area contributed by atoms with Crippen LogP contribution in [0.5, 0.6) is 5.75 Å². The van der Waals surface area contributed by atoms with Crippen molar-refractivity contribution in [1.29, 1.82) is 0 Å². The first-order valence-corrected chi connectivity index (χ1v) is 10.9. The molecule has 3 rings (SSSR count). The molecule has 1 N–H and O–H groups in total. The van der Waals surface area contributed by atoms with Crippen molar-refractivity contribution in [3.63, 3.8) is 0 Å². The quantitative estimate of drug-likeness (QED) is 0.763. The maximum absolute atomic E-state index is 12.8. The molecule has 2 aromatic carbocycles.